The van der Waals surface area contributed by atoms with Crippen molar-refractivity contribution >= 4 is 64.8 Å². The van der Waals surface area contributed by atoms with Crippen LogP contribution in [0.25, 0.3) is 11.4 Å². The van der Waals surface area contributed by atoms with E-state index < -0.39 is 18.1 Å². The Balaban J connectivity index is 0.00000137. The number of carbonyl (C=O) groups is 8. The quantitative estimate of drug-likeness (QED) is 0.0199. The molecular weight excluding hydrogens is 1110 g/mol. The van der Waals surface area contributed by atoms with Crippen LogP contribution in [0.3, 0.4) is 0 Å². The van der Waals surface area contributed by atoms with E-state index in [9.17, 15) is 38.4 Å². The monoisotopic (exact) mass is 1210 g/mol. The van der Waals surface area contributed by atoms with Crippen molar-refractivity contribution in [1.29, 1.82) is 0 Å². The molecule has 2 aromatic rings. The summed E-state index contributed by atoms with van der Waals surface area (Å²) >= 11 is 0. The molecule has 0 spiro atoms. The second-order valence-corrected chi connectivity index (χ2v) is 21.7. The Kier molecular flexibility index (Phi) is 39.1. The molecule has 484 valence electrons. The van der Waals surface area contributed by atoms with Crippen LogP contribution in [0, 0.1) is 17.8 Å². The number of nitrogens with zero attached hydrogens (tertiary/aromatic N) is 2. The number of rotatable bonds is 44. The highest BCUT2D eigenvalue weighted by Crippen LogP contribution is 2.37. The number of hydrazine groups is 1. The topological polar surface area (TPSA) is 349 Å². The van der Waals surface area contributed by atoms with E-state index in [0.717, 1.165) is 22.4 Å². The molecule has 8 amide bonds. The zero-order valence-electron chi connectivity index (χ0n) is 52.2. The number of ketones is 1. The average molecular weight is 1210 g/mol. The predicted octanol–water partition coefficient (Wildman–Crippen LogP) is 3.26. The second kappa shape index (κ2) is 44.7. The molecule has 0 aliphatic carbocycles. The molecule has 0 saturated carbocycles. The van der Waals surface area contributed by atoms with Crippen molar-refractivity contribution in [2.24, 2.45) is 35.1 Å². The van der Waals surface area contributed by atoms with E-state index in [-0.39, 0.29) is 79.4 Å². The van der Waals surface area contributed by atoms with Crippen LogP contribution in [0.15, 0.2) is 48.5 Å². The molecule has 0 radical (unpaired) electrons. The van der Waals surface area contributed by atoms with Gasteiger partial charge in [-0.25, -0.2) is 10.6 Å². The minimum atomic E-state index is -0.739. The number of urea groups is 1. The summed E-state index contributed by atoms with van der Waals surface area (Å²) in [5, 5.41) is 17.8. The van der Waals surface area contributed by atoms with E-state index >= 15 is 0 Å². The number of benzene rings is 2. The van der Waals surface area contributed by atoms with Gasteiger partial charge in [-0.15, -0.1) is 0 Å². The van der Waals surface area contributed by atoms with Crippen molar-refractivity contribution in [2.75, 3.05) is 110 Å². The minimum absolute atomic E-state index is 0.00817. The zero-order chi connectivity index (χ0) is 63.7. The van der Waals surface area contributed by atoms with E-state index in [1.165, 1.54) is 6.92 Å². The van der Waals surface area contributed by atoms with Crippen molar-refractivity contribution in [3.8, 4) is 0 Å². The first-order valence-corrected chi connectivity index (χ1v) is 30.0. The molecule has 1 aliphatic heterocycles. The molecule has 25 nitrogen and oxygen atoms in total. The van der Waals surface area contributed by atoms with Gasteiger partial charge < -0.3 is 81.7 Å². The molecular formula is C61H101N11O14. The normalized spacial score (nSPS) is 13.8. The number of nitrogens with one attached hydrogen (secondary N) is 6. The van der Waals surface area contributed by atoms with Gasteiger partial charge in [-0.05, 0) is 62.5 Å². The van der Waals surface area contributed by atoms with Crippen molar-refractivity contribution in [3.63, 3.8) is 0 Å². The summed E-state index contributed by atoms with van der Waals surface area (Å²) in [4.78, 5) is 96.8. The minimum Gasteiger partial charge on any atom is -0.396 e. The zero-order valence-corrected chi connectivity index (χ0v) is 52.2. The number of primary amides is 1. The van der Waals surface area contributed by atoms with E-state index in [4.69, 9.17) is 45.7 Å². The number of anilines is 1. The van der Waals surface area contributed by atoms with Crippen molar-refractivity contribution in [3.05, 3.63) is 65.2 Å². The van der Waals surface area contributed by atoms with Gasteiger partial charge in [0.05, 0.1) is 109 Å². The van der Waals surface area contributed by atoms with Crippen LogP contribution in [0.2, 0.25) is 0 Å². The number of ether oxygens (including phenoxy) is 6. The lowest BCUT2D eigenvalue weighted by molar-refractivity contribution is -0.128. The molecule has 86 heavy (non-hydrogen) atoms. The summed E-state index contributed by atoms with van der Waals surface area (Å²) < 4.78 is 33.0. The summed E-state index contributed by atoms with van der Waals surface area (Å²) in [5.74, 6) is 6.46. The molecule has 0 bridgehead atoms. The first-order chi connectivity index (χ1) is 41.2. The van der Waals surface area contributed by atoms with Gasteiger partial charge in [0.15, 0.2) is 5.78 Å². The number of amides is 8. The molecule has 1 aliphatic rings. The fourth-order valence-corrected chi connectivity index (χ4v) is 8.54. The molecule has 3 unspecified atom stereocenters. The molecule has 25 heteroatoms. The maximum absolute atomic E-state index is 13.6. The Bertz CT molecular complexity index is 2380. The number of fused-ring (bicyclic) bond motifs is 2. The fraction of sp³-hybridized carbons (Fsp3) is 0.639. The Morgan fingerprint density at radius 2 is 1.16 bits per heavy atom. The summed E-state index contributed by atoms with van der Waals surface area (Å²) in [5.41, 5.74) is 16.1. The average Bonchev–Trinajstić information content (AvgIpc) is 0.897. The first-order valence-electron chi connectivity index (χ1n) is 30.0. The van der Waals surface area contributed by atoms with Crippen LogP contribution in [0.4, 0.5) is 10.5 Å². The number of carbonyl (C=O) groups excluding carboxylic acids is 8. The van der Waals surface area contributed by atoms with Gasteiger partial charge in [-0.1, -0.05) is 84.0 Å². The van der Waals surface area contributed by atoms with E-state index in [1.807, 2.05) is 74.2 Å². The highest BCUT2D eigenvalue weighted by molar-refractivity contribution is 6.01. The lowest BCUT2D eigenvalue weighted by Gasteiger charge is -2.33. The summed E-state index contributed by atoms with van der Waals surface area (Å²) in [6.07, 6.45) is 4.10. The number of hydrogen-bond donors (Lipinski definition) is 9. The van der Waals surface area contributed by atoms with E-state index in [2.05, 4.69) is 45.7 Å². The summed E-state index contributed by atoms with van der Waals surface area (Å²) in [6, 6.07) is 13.8. The van der Waals surface area contributed by atoms with Crippen LogP contribution >= 0.6 is 0 Å². The fourth-order valence-electron chi connectivity index (χ4n) is 8.54. The number of unbranched alkanes of at least 4 members (excludes halogenated alkanes) is 1. The molecule has 0 saturated heterocycles. The van der Waals surface area contributed by atoms with Gasteiger partial charge in [0.2, 0.25) is 35.9 Å². The van der Waals surface area contributed by atoms with Crippen LogP contribution < -0.4 is 54.1 Å². The summed E-state index contributed by atoms with van der Waals surface area (Å²) in [7, 11) is 0. The van der Waals surface area contributed by atoms with Gasteiger partial charge >= 0.3 is 6.03 Å². The van der Waals surface area contributed by atoms with Crippen molar-refractivity contribution in [2.45, 2.75) is 131 Å². The van der Waals surface area contributed by atoms with Gasteiger partial charge in [0.1, 0.15) is 6.04 Å². The van der Waals surface area contributed by atoms with Gasteiger partial charge in [-0.2, -0.15) is 0 Å². The third-order valence-electron chi connectivity index (χ3n) is 13.4. The molecule has 12 N–H and O–H groups in total. The van der Waals surface area contributed by atoms with Crippen LogP contribution in [0.1, 0.15) is 123 Å². The number of para-hydroxylation sites is 1. The Labute approximate surface area is 508 Å². The standard InChI is InChI=1S/C51H82N8O11.C10H19N3O3/c1-37(2)35-48(63)58-36-41-13-7-8-14-42(41)49(52)50(43-15-9-10-17-45(43)58)59(53)22-12-11-16-44(57-40(6)60)51(64)55-21-26-68-30-34-69-31-27-65-23-18-46(61)54-20-25-67-29-33-70-32-28-66-24-19-47(62)56-39(5)38(3)4;1-7(2)9(15)8(13-6-14)4-3-5-12-10(11)16/h7-10,13-15,17,37-39,44H,11-12,16,18-36,52-53H2,1-6H3,(H,54,61)(H,55,64)(H,56,62)(H,57,60);6-8H,3-5H2,1-2H3,(H,13,14)(H3,11,12,16)/b50-49-;. The lowest BCUT2D eigenvalue weighted by Crippen LogP contribution is -2.46. The number of hydrogen-bond acceptors (Lipinski definition) is 17. The molecule has 1 heterocycles. The third kappa shape index (κ3) is 32.1. The highest BCUT2D eigenvalue weighted by atomic mass is 16.5. The number of Topliss-reactive ketones (excluding diaryl/α,β-unsaturated/α-hetero) is 1. The molecule has 0 fully saturated rings. The van der Waals surface area contributed by atoms with E-state index in [0.29, 0.717) is 161 Å². The predicted molar refractivity (Wildman–Crippen MR) is 329 cm³/mol. The van der Waals surface area contributed by atoms with E-state index in [1.54, 1.807) is 18.9 Å². The molecule has 3 atom stereocenters. The van der Waals surface area contributed by atoms with Gasteiger partial charge in [-0.3, -0.25) is 33.6 Å². The first kappa shape index (κ1) is 75.4. The smallest absolute Gasteiger partial charge is 0.312 e. The lowest BCUT2D eigenvalue weighted by atomic mass is 9.95. The molecule has 0 aromatic heterocycles. The maximum atomic E-state index is 13.6. The van der Waals surface area contributed by atoms with Crippen LogP contribution in [-0.4, -0.2) is 176 Å². The van der Waals surface area contributed by atoms with Crippen LogP contribution in [-0.2, 0) is 68.5 Å². The Morgan fingerprint density at radius 1 is 0.628 bits per heavy atom. The Hall–Kier alpha value is -6.74. The van der Waals surface area contributed by atoms with Crippen molar-refractivity contribution < 1.29 is 66.8 Å². The van der Waals surface area contributed by atoms with Crippen molar-refractivity contribution in [1.82, 2.24) is 36.9 Å². The highest BCUT2D eigenvalue weighted by Gasteiger charge is 2.29. The van der Waals surface area contributed by atoms with Gasteiger partial charge in [0.25, 0.3) is 0 Å². The second-order valence-electron chi connectivity index (χ2n) is 21.7. The molecule has 3 rings (SSSR count). The largest absolute Gasteiger partial charge is 0.396 e. The Morgan fingerprint density at radius 3 is 1.72 bits per heavy atom. The third-order valence-corrected chi connectivity index (χ3v) is 13.4. The summed E-state index contributed by atoms with van der Waals surface area (Å²) in [6.45, 7) is 21.0. The molecule has 2 aromatic carbocycles. The van der Waals surface area contributed by atoms with Crippen LogP contribution in [0.5, 0.6) is 0 Å². The maximum Gasteiger partial charge on any atom is 0.312 e. The number of nitrogens with two attached hydrogens (primary N) is 3. The SMILES string of the molecule is CC(=O)NC(CCCCN(N)/C1=C(\N)c2ccccc2CN(C(=O)CC(C)C)c2ccccc21)C(=O)NCCOCCOCCOCCC(=O)NCCOCCOCCOCCC(=O)NC(C)C(C)C.CC(C)C(=O)C(CCCNC(N)=O)NC=O. The van der Waals surface area contributed by atoms with Gasteiger partial charge in [0, 0.05) is 75.5 Å².